The molecule has 0 amide bonds. The van der Waals surface area contributed by atoms with Gasteiger partial charge in [-0.25, -0.2) is 0 Å². The van der Waals surface area contributed by atoms with Crippen LogP contribution in [0.1, 0.15) is 11.1 Å². The summed E-state index contributed by atoms with van der Waals surface area (Å²) in [6.45, 7) is 0. The molecule has 5 nitrogen and oxygen atoms in total. The van der Waals surface area contributed by atoms with Crippen molar-refractivity contribution < 1.29 is 4.42 Å². The maximum atomic E-state index is 12.4. The molecular formula is C17H12ClN3O2. The lowest BCUT2D eigenvalue weighted by Gasteiger charge is -2.04. The standard InChI is InChI=1S/C17H12ClN3O2/c18-12-3-1-2-10(8-12)4-5-11-6-7-14-13(9-11)16(22)15-17(23-14)20-21-19-15/h1-3,6-9H,4-5H2,(H,19,20,21). The average Bonchev–Trinajstić information content (AvgIpc) is 3.02. The van der Waals surface area contributed by atoms with Gasteiger partial charge in [-0.1, -0.05) is 29.8 Å². The molecule has 0 atom stereocenters. The van der Waals surface area contributed by atoms with Crippen molar-refractivity contribution in [1.29, 1.82) is 0 Å². The Morgan fingerprint density at radius 2 is 1.87 bits per heavy atom. The second-order valence-corrected chi connectivity index (χ2v) is 5.81. The molecule has 0 spiro atoms. The number of aromatic nitrogens is 3. The molecule has 0 saturated carbocycles. The molecule has 1 N–H and O–H groups in total. The van der Waals surface area contributed by atoms with E-state index in [9.17, 15) is 4.79 Å². The van der Waals surface area contributed by atoms with Gasteiger partial charge < -0.3 is 4.42 Å². The Hall–Kier alpha value is -2.66. The van der Waals surface area contributed by atoms with E-state index in [-0.39, 0.29) is 16.7 Å². The molecule has 0 aliphatic carbocycles. The molecule has 4 rings (SSSR count). The van der Waals surface area contributed by atoms with Crippen LogP contribution < -0.4 is 5.43 Å². The topological polar surface area (TPSA) is 71.8 Å². The van der Waals surface area contributed by atoms with Crippen LogP contribution in [0.2, 0.25) is 5.02 Å². The molecule has 4 aromatic rings. The van der Waals surface area contributed by atoms with E-state index in [1.807, 2.05) is 36.4 Å². The van der Waals surface area contributed by atoms with E-state index in [0.29, 0.717) is 11.0 Å². The van der Waals surface area contributed by atoms with Crippen LogP contribution in [-0.4, -0.2) is 15.4 Å². The van der Waals surface area contributed by atoms with Crippen molar-refractivity contribution in [3.8, 4) is 0 Å². The summed E-state index contributed by atoms with van der Waals surface area (Å²) in [7, 11) is 0. The first-order valence-corrected chi connectivity index (χ1v) is 7.59. The molecule has 2 aromatic heterocycles. The van der Waals surface area contributed by atoms with E-state index in [2.05, 4.69) is 15.4 Å². The van der Waals surface area contributed by atoms with Gasteiger partial charge in [0.25, 0.3) is 5.71 Å². The number of H-pyrrole nitrogens is 1. The predicted molar refractivity (Wildman–Crippen MR) is 88.8 cm³/mol. The van der Waals surface area contributed by atoms with Crippen LogP contribution in [0.25, 0.3) is 22.2 Å². The molecule has 0 aliphatic rings. The summed E-state index contributed by atoms with van der Waals surface area (Å²) in [6.07, 6.45) is 1.66. The lowest BCUT2D eigenvalue weighted by atomic mass is 10.0. The summed E-state index contributed by atoms with van der Waals surface area (Å²) in [5, 5.41) is 11.3. The molecule has 23 heavy (non-hydrogen) atoms. The number of nitrogens with zero attached hydrogens (tertiary/aromatic N) is 2. The fourth-order valence-electron chi connectivity index (χ4n) is 2.65. The highest BCUT2D eigenvalue weighted by Crippen LogP contribution is 2.19. The third-order valence-corrected chi connectivity index (χ3v) is 4.05. The zero-order valence-corrected chi connectivity index (χ0v) is 12.8. The fourth-order valence-corrected chi connectivity index (χ4v) is 2.87. The molecule has 0 unspecified atom stereocenters. The first-order valence-electron chi connectivity index (χ1n) is 7.21. The first-order chi connectivity index (χ1) is 11.2. The smallest absolute Gasteiger partial charge is 0.270 e. The SMILES string of the molecule is O=c1c2cc(CCc3cccc(Cl)c3)ccc2oc2n[nH]nc12. The molecule has 0 fully saturated rings. The van der Waals surface area contributed by atoms with Crippen molar-refractivity contribution in [2.75, 3.05) is 0 Å². The summed E-state index contributed by atoms with van der Waals surface area (Å²) >= 11 is 6.00. The molecule has 0 aliphatic heterocycles. The monoisotopic (exact) mass is 325 g/mol. The maximum Gasteiger partial charge on any atom is 0.270 e. The molecule has 0 radical (unpaired) electrons. The summed E-state index contributed by atoms with van der Waals surface area (Å²) in [5.41, 5.74) is 3.03. The van der Waals surface area contributed by atoms with Crippen LogP contribution in [0.3, 0.4) is 0 Å². The summed E-state index contributed by atoms with van der Waals surface area (Å²) in [4.78, 5) is 12.4. The van der Waals surface area contributed by atoms with Gasteiger partial charge in [0.05, 0.1) is 5.39 Å². The normalized spacial score (nSPS) is 11.3. The lowest BCUT2D eigenvalue weighted by Crippen LogP contribution is -2.03. The number of aryl methyl sites for hydroxylation is 2. The van der Waals surface area contributed by atoms with E-state index < -0.39 is 0 Å². The first kappa shape index (κ1) is 14.0. The van der Waals surface area contributed by atoms with Crippen molar-refractivity contribution in [2.24, 2.45) is 0 Å². The van der Waals surface area contributed by atoms with Crippen LogP contribution in [0.5, 0.6) is 0 Å². The summed E-state index contributed by atoms with van der Waals surface area (Å²) < 4.78 is 5.58. The van der Waals surface area contributed by atoms with E-state index in [0.717, 1.165) is 29.0 Å². The van der Waals surface area contributed by atoms with E-state index in [4.69, 9.17) is 16.0 Å². The quantitative estimate of drug-likeness (QED) is 0.625. The minimum Gasteiger partial charge on any atom is -0.435 e. The number of hydrogen-bond acceptors (Lipinski definition) is 4. The Morgan fingerprint density at radius 3 is 2.70 bits per heavy atom. The van der Waals surface area contributed by atoms with E-state index >= 15 is 0 Å². The number of aromatic amines is 1. The predicted octanol–water partition coefficient (Wildman–Crippen LogP) is 3.50. The number of halogens is 1. The minimum atomic E-state index is -0.167. The molecule has 2 aromatic carbocycles. The molecule has 2 heterocycles. The van der Waals surface area contributed by atoms with Crippen molar-refractivity contribution in [3.63, 3.8) is 0 Å². The third kappa shape index (κ3) is 2.59. The van der Waals surface area contributed by atoms with Crippen LogP contribution in [0, 0.1) is 0 Å². The zero-order valence-electron chi connectivity index (χ0n) is 12.0. The minimum absolute atomic E-state index is 0.167. The highest BCUT2D eigenvalue weighted by molar-refractivity contribution is 6.30. The Balaban J connectivity index is 1.69. The number of rotatable bonds is 3. The van der Waals surface area contributed by atoms with Gasteiger partial charge in [0.1, 0.15) is 5.58 Å². The van der Waals surface area contributed by atoms with Gasteiger partial charge in [0, 0.05) is 5.02 Å². The Labute approximate surface area is 135 Å². The summed E-state index contributed by atoms with van der Waals surface area (Å²) in [5.74, 6) is 0. The van der Waals surface area contributed by atoms with Crippen molar-refractivity contribution in [2.45, 2.75) is 12.8 Å². The maximum absolute atomic E-state index is 12.4. The highest BCUT2D eigenvalue weighted by atomic mass is 35.5. The van der Waals surface area contributed by atoms with Gasteiger partial charge in [-0.3, -0.25) is 4.79 Å². The van der Waals surface area contributed by atoms with Gasteiger partial charge in [-0.05, 0) is 48.2 Å². The van der Waals surface area contributed by atoms with E-state index in [1.165, 1.54) is 0 Å². The van der Waals surface area contributed by atoms with Crippen molar-refractivity contribution >= 4 is 33.8 Å². The van der Waals surface area contributed by atoms with Crippen LogP contribution in [0.4, 0.5) is 0 Å². The zero-order chi connectivity index (χ0) is 15.8. The highest BCUT2D eigenvalue weighted by Gasteiger charge is 2.11. The Bertz CT molecular complexity index is 1070. The molecule has 114 valence electrons. The van der Waals surface area contributed by atoms with Gasteiger partial charge >= 0.3 is 0 Å². The number of hydrogen-bond donors (Lipinski definition) is 1. The second kappa shape index (κ2) is 5.52. The Morgan fingerprint density at radius 1 is 1.04 bits per heavy atom. The second-order valence-electron chi connectivity index (χ2n) is 5.37. The van der Waals surface area contributed by atoms with Crippen LogP contribution in [-0.2, 0) is 12.8 Å². The molecular weight excluding hydrogens is 314 g/mol. The number of fused-ring (bicyclic) bond motifs is 2. The van der Waals surface area contributed by atoms with Crippen molar-refractivity contribution in [1.82, 2.24) is 15.4 Å². The number of nitrogens with one attached hydrogen (secondary N) is 1. The van der Waals surface area contributed by atoms with Crippen molar-refractivity contribution in [3.05, 3.63) is 68.8 Å². The van der Waals surface area contributed by atoms with Gasteiger partial charge in [0.2, 0.25) is 5.43 Å². The third-order valence-electron chi connectivity index (χ3n) is 3.82. The molecule has 0 bridgehead atoms. The van der Waals surface area contributed by atoms with E-state index in [1.54, 1.807) is 6.07 Å². The van der Waals surface area contributed by atoms with Gasteiger partial charge in [0.15, 0.2) is 5.52 Å². The molecule has 0 saturated heterocycles. The van der Waals surface area contributed by atoms with Gasteiger partial charge in [-0.2, -0.15) is 5.21 Å². The van der Waals surface area contributed by atoms with Crippen LogP contribution >= 0.6 is 11.6 Å². The fraction of sp³-hybridized carbons (Fsp3) is 0.118. The average molecular weight is 326 g/mol. The lowest BCUT2D eigenvalue weighted by molar-refractivity contribution is 0.641. The largest absolute Gasteiger partial charge is 0.435 e. The van der Waals surface area contributed by atoms with Crippen LogP contribution in [0.15, 0.2) is 51.7 Å². The van der Waals surface area contributed by atoms with Gasteiger partial charge in [-0.15, -0.1) is 10.2 Å². The number of benzene rings is 2. The Kier molecular flexibility index (Phi) is 3.35. The summed E-state index contributed by atoms with van der Waals surface area (Å²) in [6, 6.07) is 13.4. The molecule has 6 heteroatoms.